The summed E-state index contributed by atoms with van der Waals surface area (Å²) >= 11 is 0. The number of esters is 1. The molecule has 4 heteroatoms. The van der Waals surface area contributed by atoms with Gasteiger partial charge in [0.25, 0.3) is 0 Å². The Labute approximate surface area is 116 Å². The first-order valence-corrected chi connectivity index (χ1v) is 7.10. The summed E-state index contributed by atoms with van der Waals surface area (Å²) in [4.78, 5) is 24.0. The maximum absolute atomic E-state index is 12.3. The molecular formula is C15H28O4. The van der Waals surface area contributed by atoms with E-state index in [0.717, 1.165) is 0 Å². The number of hydrogen-bond acceptors (Lipinski definition) is 3. The molecule has 0 aromatic heterocycles. The van der Waals surface area contributed by atoms with Gasteiger partial charge in [-0.25, -0.2) is 0 Å². The minimum absolute atomic E-state index is 0.124. The van der Waals surface area contributed by atoms with Crippen molar-refractivity contribution in [3.05, 3.63) is 0 Å². The van der Waals surface area contributed by atoms with Crippen LogP contribution in [0, 0.1) is 17.3 Å². The maximum atomic E-state index is 12.3. The number of hydrogen-bond donors (Lipinski definition) is 1. The summed E-state index contributed by atoms with van der Waals surface area (Å²) in [6.45, 7) is 11.4. The first kappa shape index (κ1) is 17.9. The Balaban J connectivity index is 5.30. The van der Waals surface area contributed by atoms with Gasteiger partial charge in [-0.1, -0.05) is 34.6 Å². The highest BCUT2D eigenvalue weighted by Crippen LogP contribution is 2.36. The summed E-state index contributed by atoms with van der Waals surface area (Å²) in [5, 5.41) is 9.58. The fraction of sp³-hybridized carbons (Fsp3) is 0.867. The molecule has 0 spiro atoms. The first-order valence-electron chi connectivity index (χ1n) is 7.10. The van der Waals surface area contributed by atoms with Crippen molar-refractivity contribution in [3.63, 3.8) is 0 Å². The summed E-state index contributed by atoms with van der Waals surface area (Å²) in [7, 11) is 0. The molecule has 1 N–H and O–H groups in total. The summed E-state index contributed by atoms with van der Waals surface area (Å²) in [6.07, 6.45) is 1.07. The van der Waals surface area contributed by atoms with Crippen LogP contribution < -0.4 is 0 Å². The molecule has 0 fully saturated rings. The van der Waals surface area contributed by atoms with Gasteiger partial charge in [-0.2, -0.15) is 0 Å². The van der Waals surface area contributed by atoms with Crippen LogP contribution in [0.1, 0.15) is 60.8 Å². The molecular weight excluding hydrogens is 244 g/mol. The van der Waals surface area contributed by atoms with Crippen molar-refractivity contribution in [2.24, 2.45) is 17.3 Å². The van der Waals surface area contributed by atoms with Crippen LogP contribution >= 0.6 is 0 Å². The minimum Gasteiger partial charge on any atom is -0.480 e. The third-order valence-corrected chi connectivity index (χ3v) is 3.20. The lowest BCUT2D eigenvalue weighted by molar-refractivity contribution is -0.175. The molecule has 0 aliphatic carbocycles. The van der Waals surface area contributed by atoms with Crippen LogP contribution in [0.5, 0.6) is 0 Å². The van der Waals surface area contributed by atoms with Crippen LogP contribution in [0.4, 0.5) is 0 Å². The van der Waals surface area contributed by atoms with Gasteiger partial charge in [-0.05, 0) is 38.0 Å². The average Bonchev–Trinajstić information content (AvgIpc) is 2.25. The van der Waals surface area contributed by atoms with Gasteiger partial charge in [0, 0.05) is 0 Å². The molecule has 112 valence electrons. The summed E-state index contributed by atoms with van der Waals surface area (Å²) in [5.41, 5.74) is -1.41. The largest absolute Gasteiger partial charge is 0.480 e. The molecule has 19 heavy (non-hydrogen) atoms. The number of ether oxygens (including phenoxy) is 1. The van der Waals surface area contributed by atoms with Gasteiger partial charge >= 0.3 is 11.9 Å². The van der Waals surface area contributed by atoms with E-state index in [1.807, 2.05) is 34.6 Å². The fourth-order valence-corrected chi connectivity index (χ4v) is 2.28. The monoisotopic (exact) mass is 272 g/mol. The number of rotatable bonds is 8. The lowest BCUT2D eigenvalue weighted by Gasteiger charge is -2.31. The Morgan fingerprint density at radius 2 is 1.47 bits per heavy atom. The number of carbonyl (C=O) groups is 2. The minimum atomic E-state index is -1.41. The van der Waals surface area contributed by atoms with E-state index in [1.54, 1.807) is 6.92 Å². The van der Waals surface area contributed by atoms with Gasteiger partial charge in [0.05, 0.1) is 6.10 Å². The first-order chi connectivity index (χ1) is 8.65. The molecule has 4 nitrogen and oxygen atoms in total. The van der Waals surface area contributed by atoms with Gasteiger partial charge < -0.3 is 9.84 Å². The zero-order valence-electron chi connectivity index (χ0n) is 13.0. The van der Waals surface area contributed by atoms with Gasteiger partial charge in [0.1, 0.15) is 0 Å². The second kappa shape index (κ2) is 7.51. The third kappa shape index (κ3) is 5.21. The zero-order chi connectivity index (χ0) is 15.2. The molecule has 0 aliphatic rings. The Bertz CT molecular complexity index is 297. The van der Waals surface area contributed by atoms with Crippen LogP contribution in [0.15, 0.2) is 0 Å². The Morgan fingerprint density at radius 3 is 1.74 bits per heavy atom. The zero-order valence-corrected chi connectivity index (χ0v) is 13.0. The molecule has 0 heterocycles. The summed E-state index contributed by atoms with van der Waals surface area (Å²) in [5.74, 6) is -1.40. The van der Waals surface area contributed by atoms with Crippen LogP contribution in [0.2, 0.25) is 0 Å². The van der Waals surface area contributed by atoms with E-state index in [9.17, 15) is 14.7 Å². The lowest BCUT2D eigenvalue weighted by Crippen LogP contribution is -2.44. The summed E-state index contributed by atoms with van der Waals surface area (Å²) < 4.78 is 5.31. The van der Waals surface area contributed by atoms with Crippen LogP contribution in [-0.4, -0.2) is 23.1 Å². The van der Waals surface area contributed by atoms with Crippen molar-refractivity contribution in [2.45, 2.75) is 66.9 Å². The molecule has 1 unspecified atom stereocenters. The molecule has 0 aliphatic heterocycles. The number of aliphatic carboxylic acids is 1. The molecule has 0 saturated heterocycles. The average molecular weight is 272 g/mol. The molecule has 0 bridgehead atoms. The second-order valence-corrected chi connectivity index (χ2v) is 6.21. The topological polar surface area (TPSA) is 63.6 Å². The van der Waals surface area contributed by atoms with Gasteiger partial charge in [-0.3, -0.25) is 9.59 Å². The number of carboxylic acids is 1. The van der Waals surface area contributed by atoms with Crippen LogP contribution in [0.3, 0.4) is 0 Å². The van der Waals surface area contributed by atoms with Crippen LogP contribution in [-0.2, 0) is 14.3 Å². The Hall–Kier alpha value is -1.06. The lowest BCUT2D eigenvalue weighted by atomic mass is 9.74. The van der Waals surface area contributed by atoms with Crippen molar-refractivity contribution in [1.29, 1.82) is 0 Å². The molecule has 0 saturated carbocycles. The second-order valence-electron chi connectivity index (χ2n) is 6.21. The highest BCUT2D eigenvalue weighted by atomic mass is 16.5. The SMILES string of the molecule is CCC(C)OC(=O)C(CC(C)C)(CC(C)C)C(=O)O. The quantitative estimate of drug-likeness (QED) is 0.542. The van der Waals surface area contributed by atoms with Crippen molar-refractivity contribution in [3.8, 4) is 0 Å². The van der Waals surface area contributed by atoms with E-state index in [2.05, 4.69) is 0 Å². The normalized spacial score (nSPS) is 13.7. The molecule has 0 radical (unpaired) electrons. The fourth-order valence-electron chi connectivity index (χ4n) is 2.28. The highest BCUT2D eigenvalue weighted by molar-refractivity contribution is 5.99. The van der Waals surface area contributed by atoms with E-state index in [-0.39, 0.29) is 17.9 Å². The molecule has 1 atom stereocenters. The van der Waals surface area contributed by atoms with Crippen molar-refractivity contribution >= 4 is 11.9 Å². The Morgan fingerprint density at radius 1 is 1.05 bits per heavy atom. The highest BCUT2D eigenvalue weighted by Gasteiger charge is 2.48. The molecule has 0 aromatic rings. The van der Waals surface area contributed by atoms with E-state index >= 15 is 0 Å². The Kier molecular flexibility index (Phi) is 7.09. The van der Waals surface area contributed by atoms with Crippen molar-refractivity contribution < 1.29 is 19.4 Å². The van der Waals surface area contributed by atoms with E-state index in [1.165, 1.54) is 0 Å². The predicted molar refractivity (Wildman–Crippen MR) is 74.8 cm³/mol. The van der Waals surface area contributed by atoms with Gasteiger partial charge in [-0.15, -0.1) is 0 Å². The van der Waals surface area contributed by atoms with Crippen LogP contribution in [0.25, 0.3) is 0 Å². The molecule has 0 aromatic carbocycles. The van der Waals surface area contributed by atoms with E-state index in [4.69, 9.17) is 4.74 Å². The summed E-state index contributed by atoms with van der Waals surface area (Å²) in [6, 6.07) is 0. The predicted octanol–water partition coefficient (Wildman–Crippen LogP) is 3.49. The van der Waals surface area contributed by atoms with Crippen molar-refractivity contribution in [2.75, 3.05) is 0 Å². The maximum Gasteiger partial charge on any atom is 0.323 e. The van der Waals surface area contributed by atoms with Gasteiger partial charge in [0.15, 0.2) is 5.41 Å². The third-order valence-electron chi connectivity index (χ3n) is 3.20. The number of carboxylic acid groups (broad SMARTS) is 1. The van der Waals surface area contributed by atoms with Gasteiger partial charge in [0.2, 0.25) is 0 Å². The number of carbonyl (C=O) groups excluding carboxylic acids is 1. The molecule has 0 rings (SSSR count). The van der Waals surface area contributed by atoms with Crippen molar-refractivity contribution in [1.82, 2.24) is 0 Å². The smallest absolute Gasteiger partial charge is 0.323 e. The van der Waals surface area contributed by atoms with E-state index in [0.29, 0.717) is 19.3 Å². The van der Waals surface area contributed by atoms with E-state index < -0.39 is 17.4 Å². The molecule has 0 amide bonds. The standard InChI is InChI=1S/C15H28O4/c1-7-12(6)19-14(18)15(13(16)17,8-10(2)3)9-11(4)5/h10-12H,7-9H2,1-6H3,(H,16,17).